The third-order valence-corrected chi connectivity index (χ3v) is 2.72. The van der Waals surface area contributed by atoms with Gasteiger partial charge in [0.2, 0.25) is 0 Å². The summed E-state index contributed by atoms with van der Waals surface area (Å²) in [5.74, 6) is 0.891. The fourth-order valence-electron chi connectivity index (χ4n) is 1.74. The summed E-state index contributed by atoms with van der Waals surface area (Å²) in [6.45, 7) is 4.89. The highest BCUT2D eigenvalue weighted by molar-refractivity contribution is 5.29. The normalized spacial score (nSPS) is 12.8. The highest BCUT2D eigenvalue weighted by Gasteiger charge is 2.09. The topological polar surface area (TPSA) is 30.5 Å². The van der Waals surface area contributed by atoms with E-state index in [9.17, 15) is 0 Å². The van der Waals surface area contributed by atoms with Crippen molar-refractivity contribution in [1.82, 2.24) is 5.32 Å². The summed E-state index contributed by atoms with van der Waals surface area (Å²) in [6, 6.07) is 8.50. The van der Waals surface area contributed by atoms with Crippen LogP contribution in [0.3, 0.4) is 0 Å². The number of nitrogens with one attached hydrogen (secondary N) is 1. The van der Waals surface area contributed by atoms with Gasteiger partial charge in [-0.05, 0) is 45.0 Å². The van der Waals surface area contributed by atoms with Crippen LogP contribution in [0.1, 0.15) is 31.9 Å². The van der Waals surface area contributed by atoms with Crippen molar-refractivity contribution in [2.45, 2.75) is 32.4 Å². The van der Waals surface area contributed by atoms with Crippen molar-refractivity contribution in [2.75, 3.05) is 20.8 Å². The number of methoxy groups -OCH3 is 1. The predicted octanol–water partition coefficient (Wildman–Crippen LogP) is 2.77. The smallest absolute Gasteiger partial charge is 0.118 e. The summed E-state index contributed by atoms with van der Waals surface area (Å²) in [6.07, 6.45) is 1.27. The van der Waals surface area contributed by atoms with Crippen LogP contribution in [0.2, 0.25) is 0 Å². The molecule has 17 heavy (non-hydrogen) atoms. The molecule has 0 aliphatic heterocycles. The Labute approximate surface area is 104 Å². The number of hydrogen-bond acceptors (Lipinski definition) is 3. The lowest BCUT2D eigenvalue weighted by atomic mass is 10.0. The molecule has 0 amide bonds. The highest BCUT2D eigenvalue weighted by Crippen LogP contribution is 2.20. The molecule has 0 spiro atoms. The van der Waals surface area contributed by atoms with Gasteiger partial charge < -0.3 is 14.8 Å². The SMILES string of the molecule is CNC(CCOC(C)C)c1ccc(OC)cc1. The van der Waals surface area contributed by atoms with Crippen LogP contribution >= 0.6 is 0 Å². The van der Waals surface area contributed by atoms with Crippen LogP contribution in [0, 0.1) is 0 Å². The second-order valence-corrected chi connectivity index (χ2v) is 4.32. The van der Waals surface area contributed by atoms with Crippen molar-refractivity contribution in [1.29, 1.82) is 0 Å². The van der Waals surface area contributed by atoms with Gasteiger partial charge in [-0.15, -0.1) is 0 Å². The monoisotopic (exact) mass is 237 g/mol. The minimum atomic E-state index is 0.295. The van der Waals surface area contributed by atoms with E-state index in [1.807, 2.05) is 19.2 Å². The first-order valence-electron chi connectivity index (χ1n) is 6.10. The van der Waals surface area contributed by atoms with Crippen LogP contribution < -0.4 is 10.1 Å². The molecule has 3 nitrogen and oxygen atoms in total. The third kappa shape index (κ3) is 4.75. The van der Waals surface area contributed by atoms with Gasteiger partial charge in [-0.1, -0.05) is 12.1 Å². The fraction of sp³-hybridized carbons (Fsp3) is 0.571. The molecule has 0 saturated carbocycles. The van der Waals surface area contributed by atoms with Gasteiger partial charge in [-0.25, -0.2) is 0 Å². The second-order valence-electron chi connectivity index (χ2n) is 4.32. The number of ether oxygens (including phenoxy) is 2. The van der Waals surface area contributed by atoms with Crippen LogP contribution in [0.4, 0.5) is 0 Å². The first kappa shape index (κ1) is 14.0. The molecule has 0 saturated heterocycles. The van der Waals surface area contributed by atoms with Crippen LogP contribution in [-0.2, 0) is 4.74 Å². The summed E-state index contributed by atoms with van der Waals surface area (Å²) < 4.78 is 10.7. The zero-order chi connectivity index (χ0) is 12.7. The summed E-state index contributed by atoms with van der Waals surface area (Å²) >= 11 is 0. The molecule has 0 aromatic heterocycles. The molecule has 1 rings (SSSR count). The minimum Gasteiger partial charge on any atom is -0.497 e. The van der Waals surface area contributed by atoms with Gasteiger partial charge in [0.25, 0.3) is 0 Å². The Morgan fingerprint density at radius 3 is 2.29 bits per heavy atom. The molecule has 0 bridgehead atoms. The van der Waals surface area contributed by atoms with Crippen molar-refractivity contribution in [3.05, 3.63) is 29.8 Å². The molecule has 1 unspecified atom stereocenters. The number of hydrogen-bond donors (Lipinski definition) is 1. The van der Waals surface area contributed by atoms with E-state index in [2.05, 4.69) is 31.3 Å². The Kier molecular flexibility index (Phi) is 6.01. The molecule has 1 N–H and O–H groups in total. The zero-order valence-electron chi connectivity index (χ0n) is 11.2. The van der Waals surface area contributed by atoms with Gasteiger partial charge in [0.05, 0.1) is 13.2 Å². The highest BCUT2D eigenvalue weighted by atomic mass is 16.5. The van der Waals surface area contributed by atoms with Crippen LogP contribution in [0.15, 0.2) is 24.3 Å². The molecule has 96 valence electrons. The van der Waals surface area contributed by atoms with Crippen molar-refractivity contribution in [3.63, 3.8) is 0 Å². The summed E-state index contributed by atoms with van der Waals surface area (Å²) in [5, 5.41) is 3.31. The Bertz CT molecular complexity index is 309. The maximum atomic E-state index is 5.58. The molecule has 0 fully saturated rings. The van der Waals surface area contributed by atoms with E-state index in [4.69, 9.17) is 9.47 Å². The van der Waals surface area contributed by atoms with Crippen molar-refractivity contribution in [3.8, 4) is 5.75 Å². The molecule has 0 heterocycles. The summed E-state index contributed by atoms with van der Waals surface area (Å²) in [7, 11) is 3.66. The molecule has 0 aliphatic rings. The number of benzene rings is 1. The number of rotatable bonds is 7. The van der Waals surface area contributed by atoms with Crippen molar-refractivity contribution < 1.29 is 9.47 Å². The van der Waals surface area contributed by atoms with Gasteiger partial charge in [-0.3, -0.25) is 0 Å². The molecule has 1 atom stereocenters. The van der Waals surface area contributed by atoms with E-state index in [-0.39, 0.29) is 0 Å². The maximum Gasteiger partial charge on any atom is 0.118 e. The zero-order valence-corrected chi connectivity index (χ0v) is 11.2. The van der Waals surface area contributed by atoms with E-state index in [0.29, 0.717) is 12.1 Å². The Morgan fingerprint density at radius 1 is 1.18 bits per heavy atom. The quantitative estimate of drug-likeness (QED) is 0.791. The molecule has 3 heteroatoms. The molecule has 1 aromatic carbocycles. The molecule has 1 aromatic rings. The van der Waals surface area contributed by atoms with Crippen molar-refractivity contribution >= 4 is 0 Å². The average molecular weight is 237 g/mol. The second kappa shape index (κ2) is 7.30. The Hall–Kier alpha value is -1.06. The average Bonchev–Trinajstić information content (AvgIpc) is 2.34. The van der Waals surface area contributed by atoms with Gasteiger partial charge in [0.15, 0.2) is 0 Å². The van der Waals surface area contributed by atoms with Crippen molar-refractivity contribution in [2.24, 2.45) is 0 Å². The predicted molar refractivity (Wildman–Crippen MR) is 70.5 cm³/mol. The first-order valence-corrected chi connectivity index (χ1v) is 6.10. The molecular weight excluding hydrogens is 214 g/mol. The lowest BCUT2D eigenvalue weighted by molar-refractivity contribution is 0.0719. The lowest BCUT2D eigenvalue weighted by Gasteiger charge is -2.18. The first-order chi connectivity index (χ1) is 8.17. The van der Waals surface area contributed by atoms with Gasteiger partial charge >= 0.3 is 0 Å². The third-order valence-electron chi connectivity index (χ3n) is 2.72. The Morgan fingerprint density at radius 2 is 1.82 bits per heavy atom. The van der Waals surface area contributed by atoms with E-state index in [0.717, 1.165) is 18.8 Å². The van der Waals surface area contributed by atoms with Gasteiger partial charge in [0, 0.05) is 12.6 Å². The van der Waals surface area contributed by atoms with E-state index >= 15 is 0 Å². The summed E-state index contributed by atoms with van der Waals surface area (Å²) in [5.41, 5.74) is 1.26. The van der Waals surface area contributed by atoms with Gasteiger partial charge in [0.1, 0.15) is 5.75 Å². The van der Waals surface area contributed by atoms with Gasteiger partial charge in [-0.2, -0.15) is 0 Å². The van der Waals surface area contributed by atoms with Crippen LogP contribution in [0.5, 0.6) is 5.75 Å². The van der Waals surface area contributed by atoms with E-state index in [1.54, 1.807) is 7.11 Å². The van der Waals surface area contributed by atoms with E-state index < -0.39 is 0 Å². The standard InChI is InChI=1S/C14H23NO2/c1-11(2)17-10-9-14(15-3)12-5-7-13(16-4)8-6-12/h5-8,11,14-15H,9-10H2,1-4H3. The molecule has 0 aliphatic carbocycles. The fourth-order valence-corrected chi connectivity index (χ4v) is 1.74. The lowest BCUT2D eigenvalue weighted by Crippen LogP contribution is -2.19. The summed E-state index contributed by atoms with van der Waals surface area (Å²) in [4.78, 5) is 0. The Balaban J connectivity index is 2.53. The minimum absolute atomic E-state index is 0.295. The van der Waals surface area contributed by atoms with Crippen LogP contribution in [-0.4, -0.2) is 26.9 Å². The largest absolute Gasteiger partial charge is 0.497 e. The van der Waals surface area contributed by atoms with Crippen LogP contribution in [0.25, 0.3) is 0 Å². The van der Waals surface area contributed by atoms with E-state index in [1.165, 1.54) is 5.56 Å². The molecule has 0 radical (unpaired) electrons. The maximum absolute atomic E-state index is 5.58. The molecular formula is C14H23NO2.